The number of carbonyl (C=O) groups is 2. The Bertz CT molecular complexity index is 1030. The minimum atomic E-state index is -0.308. The normalized spacial score (nSPS) is 16.6. The fourth-order valence-corrected chi connectivity index (χ4v) is 3.91. The number of fused-ring (bicyclic) bond motifs is 1. The highest BCUT2D eigenvalue weighted by atomic mass is 79.9. The number of carbonyl (C=O) groups excluding carboxylic acids is 2. The van der Waals surface area contributed by atoms with Crippen molar-refractivity contribution in [1.82, 2.24) is 15.3 Å². The Morgan fingerprint density at radius 2 is 2.14 bits per heavy atom. The Balaban J connectivity index is 1.27. The fourth-order valence-electron chi connectivity index (χ4n) is 3.67. The van der Waals surface area contributed by atoms with Crippen molar-refractivity contribution in [2.45, 2.75) is 26.2 Å². The van der Waals surface area contributed by atoms with E-state index in [4.69, 9.17) is 0 Å². The molecule has 29 heavy (non-hydrogen) atoms. The first-order valence-corrected chi connectivity index (χ1v) is 10.6. The van der Waals surface area contributed by atoms with Crippen LogP contribution in [0.5, 0.6) is 0 Å². The van der Waals surface area contributed by atoms with Crippen LogP contribution in [0.1, 0.15) is 24.2 Å². The summed E-state index contributed by atoms with van der Waals surface area (Å²) in [6.07, 6.45) is 1.81. The predicted molar refractivity (Wildman–Crippen MR) is 117 cm³/mol. The first kappa shape index (κ1) is 19.6. The molecular weight excluding hydrogens is 432 g/mol. The van der Waals surface area contributed by atoms with E-state index in [1.54, 1.807) is 4.90 Å². The zero-order valence-electron chi connectivity index (χ0n) is 16.2. The zero-order chi connectivity index (χ0) is 20.4. The summed E-state index contributed by atoms with van der Waals surface area (Å²) in [5, 5.41) is 2.97. The number of imidazole rings is 1. The third-order valence-electron chi connectivity index (χ3n) is 5.28. The van der Waals surface area contributed by atoms with Crippen molar-refractivity contribution >= 4 is 44.5 Å². The molecule has 1 unspecified atom stereocenters. The van der Waals surface area contributed by atoms with Gasteiger partial charge in [-0.3, -0.25) is 9.59 Å². The number of nitrogens with one attached hydrogen (secondary N) is 2. The lowest BCUT2D eigenvalue weighted by atomic mass is 10.1. The molecule has 3 aromatic rings. The average molecular weight is 455 g/mol. The molecule has 6 nitrogen and oxygen atoms in total. The first-order valence-electron chi connectivity index (χ1n) is 9.79. The number of aromatic nitrogens is 2. The molecule has 0 bridgehead atoms. The summed E-state index contributed by atoms with van der Waals surface area (Å²) < 4.78 is 1.01. The summed E-state index contributed by atoms with van der Waals surface area (Å²) in [7, 11) is 0. The van der Waals surface area contributed by atoms with E-state index < -0.39 is 0 Å². The van der Waals surface area contributed by atoms with Gasteiger partial charge in [-0.2, -0.15) is 0 Å². The molecule has 1 saturated heterocycles. The van der Waals surface area contributed by atoms with E-state index in [1.165, 1.54) is 0 Å². The number of benzene rings is 2. The molecule has 7 heteroatoms. The van der Waals surface area contributed by atoms with E-state index in [0.717, 1.165) is 45.4 Å². The van der Waals surface area contributed by atoms with Gasteiger partial charge in [0.25, 0.3) is 0 Å². The van der Waals surface area contributed by atoms with Gasteiger partial charge in [-0.25, -0.2) is 4.98 Å². The Hall–Kier alpha value is -2.67. The molecule has 1 atom stereocenters. The molecule has 1 aromatic heterocycles. The topological polar surface area (TPSA) is 78.1 Å². The lowest BCUT2D eigenvalue weighted by Gasteiger charge is -2.17. The number of anilines is 1. The molecule has 1 fully saturated rings. The minimum Gasteiger partial charge on any atom is -0.356 e. The third kappa shape index (κ3) is 4.34. The van der Waals surface area contributed by atoms with Gasteiger partial charge in [0.15, 0.2) is 0 Å². The van der Waals surface area contributed by atoms with Crippen LogP contribution < -0.4 is 10.2 Å². The van der Waals surface area contributed by atoms with Crippen LogP contribution in [0.3, 0.4) is 0 Å². The van der Waals surface area contributed by atoms with Gasteiger partial charge in [0.2, 0.25) is 11.8 Å². The van der Waals surface area contributed by atoms with Crippen molar-refractivity contribution in [2.24, 2.45) is 5.92 Å². The number of para-hydroxylation sites is 2. The fraction of sp³-hybridized carbons (Fsp3) is 0.318. The number of hydrogen-bond donors (Lipinski definition) is 2. The second-order valence-electron chi connectivity index (χ2n) is 7.43. The molecule has 0 saturated carbocycles. The quantitative estimate of drug-likeness (QED) is 0.556. The lowest BCUT2D eigenvalue weighted by Crippen LogP contribution is -2.33. The Morgan fingerprint density at radius 3 is 2.93 bits per heavy atom. The number of rotatable bonds is 6. The van der Waals surface area contributed by atoms with Gasteiger partial charge in [-0.1, -0.05) is 28.1 Å². The van der Waals surface area contributed by atoms with Crippen molar-refractivity contribution in [3.63, 3.8) is 0 Å². The molecule has 4 rings (SSSR count). The third-order valence-corrected chi connectivity index (χ3v) is 6.17. The van der Waals surface area contributed by atoms with E-state index in [2.05, 4.69) is 31.2 Å². The second kappa shape index (κ2) is 8.37. The van der Waals surface area contributed by atoms with Crippen LogP contribution in [0.15, 0.2) is 46.9 Å². The van der Waals surface area contributed by atoms with Crippen LogP contribution in [-0.2, 0) is 16.0 Å². The molecule has 2 aromatic carbocycles. The maximum Gasteiger partial charge on any atom is 0.227 e. The number of aryl methyl sites for hydroxylation is 2. The van der Waals surface area contributed by atoms with Gasteiger partial charge in [0, 0.05) is 36.1 Å². The maximum atomic E-state index is 12.5. The molecule has 0 radical (unpaired) electrons. The number of amides is 2. The number of nitrogens with zero attached hydrogens (tertiary/aromatic N) is 2. The van der Waals surface area contributed by atoms with Crippen LogP contribution in [0.25, 0.3) is 11.0 Å². The SMILES string of the molecule is Cc1cc(N2CC(C(=O)NCCCc3nc4ccccc4[nH]3)CC2=O)ccc1Br. The highest BCUT2D eigenvalue weighted by Crippen LogP contribution is 2.28. The van der Waals surface area contributed by atoms with Crippen molar-refractivity contribution in [3.05, 3.63) is 58.3 Å². The lowest BCUT2D eigenvalue weighted by molar-refractivity contribution is -0.126. The standard InChI is InChI=1S/C22H23BrN4O2/c1-14-11-16(8-9-17(14)23)27-13-15(12-21(27)28)22(29)24-10-4-7-20-25-18-5-2-3-6-19(18)26-20/h2-3,5-6,8-9,11,15H,4,7,10,12-13H2,1H3,(H,24,29)(H,25,26). The Morgan fingerprint density at radius 1 is 1.31 bits per heavy atom. The van der Waals surface area contributed by atoms with Crippen LogP contribution in [-0.4, -0.2) is 34.9 Å². The zero-order valence-corrected chi connectivity index (χ0v) is 17.8. The molecule has 1 aliphatic heterocycles. The number of aromatic amines is 1. The van der Waals surface area contributed by atoms with Crippen LogP contribution >= 0.6 is 15.9 Å². The van der Waals surface area contributed by atoms with Crippen molar-refractivity contribution in [3.8, 4) is 0 Å². The second-order valence-corrected chi connectivity index (χ2v) is 8.29. The number of H-pyrrole nitrogens is 1. The maximum absolute atomic E-state index is 12.5. The smallest absolute Gasteiger partial charge is 0.227 e. The minimum absolute atomic E-state index is 0.00542. The van der Waals surface area contributed by atoms with Gasteiger partial charge in [0.05, 0.1) is 17.0 Å². The van der Waals surface area contributed by atoms with E-state index in [0.29, 0.717) is 13.1 Å². The van der Waals surface area contributed by atoms with E-state index >= 15 is 0 Å². The highest BCUT2D eigenvalue weighted by molar-refractivity contribution is 9.10. The summed E-state index contributed by atoms with van der Waals surface area (Å²) in [5.74, 6) is 0.555. The van der Waals surface area contributed by atoms with E-state index in [1.807, 2.05) is 49.4 Å². The van der Waals surface area contributed by atoms with Crippen molar-refractivity contribution < 1.29 is 9.59 Å². The molecule has 150 valence electrons. The van der Waals surface area contributed by atoms with Gasteiger partial charge >= 0.3 is 0 Å². The monoisotopic (exact) mass is 454 g/mol. The molecule has 2 amide bonds. The average Bonchev–Trinajstić information content (AvgIpc) is 3.30. The van der Waals surface area contributed by atoms with E-state index in [-0.39, 0.29) is 24.2 Å². The summed E-state index contributed by atoms with van der Waals surface area (Å²) in [5.41, 5.74) is 3.89. The van der Waals surface area contributed by atoms with Gasteiger partial charge < -0.3 is 15.2 Å². The number of halogens is 1. The molecule has 2 N–H and O–H groups in total. The summed E-state index contributed by atoms with van der Waals surface area (Å²) in [6.45, 7) is 2.98. The van der Waals surface area contributed by atoms with Gasteiger partial charge in [-0.05, 0) is 49.2 Å². The van der Waals surface area contributed by atoms with E-state index in [9.17, 15) is 9.59 Å². The highest BCUT2D eigenvalue weighted by Gasteiger charge is 2.35. The van der Waals surface area contributed by atoms with Gasteiger partial charge in [0.1, 0.15) is 5.82 Å². The molecule has 0 aliphatic carbocycles. The molecular formula is C22H23BrN4O2. The van der Waals surface area contributed by atoms with Crippen molar-refractivity contribution in [2.75, 3.05) is 18.0 Å². The van der Waals surface area contributed by atoms with Crippen LogP contribution in [0.2, 0.25) is 0 Å². The first-order chi connectivity index (χ1) is 14.0. The number of hydrogen-bond acceptors (Lipinski definition) is 3. The van der Waals surface area contributed by atoms with Crippen molar-refractivity contribution in [1.29, 1.82) is 0 Å². The summed E-state index contributed by atoms with van der Waals surface area (Å²) in [6, 6.07) is 13.7. The van der Waals surface area contributed by atoms with Crippen LogP contribution in [0, 0.1) is 12.8 Å². The molecule has 1 aliphatic rings. The Labute approximate surface area is 177 Å². The molecule has 0 spiro atoms. The summed E-state index contributed by atoms with van der Waals surface area (Å²) >= 11 is 3.48. The Kier molecular flexibility index (Phi) is 5.67. The molecule has 2 heterocycles. The predicted octanol–water partition coefficient (Wildman–Crippen LogP) is 3.74. The largest absolute Gasteiger partial charge is 0.356 e. The van der Waals surface area contributed by atoms with Gasteiger partial charge in [-0.15, -0.1) is 0 Å². The summed E-state index contributed by atoms with van der Waals surface area (Å²) in [4.78, 5) is 34.5. The van der Waals surface area contributed by atoms with Crippen LogP contribution in [0.4, 0.5) is 5.69 Å².